The maximum absolute atomic E-state index is 11.9. The zero-order chi connectivity index (χ0) is 14.5. The highest BCUT2D eigenvalue weighted by Crippen LogP contribution is 2.27. The van der Waals surface area contributed by atoms with E-state index in [0.717, 1.165) is 36.1 Å². The summed E-state index contributed by atoms with van der Waals surface area (Å²) in [4.78, 5) is 20.3. The standard InChI is InChI=1S/C13H20BrN5O/c1-3-6-15-11-10(14)12(17-7-16-11)18-8(2)13(20)19-9-4-5-9/h7-9H,3-6H2,1-2H3,(H,19,20)(H2,15,16,17,18). The molecule has 110 valence electrons. The number of amides is 1. The van der Waals surface area contributed by atoms with Crippen LogP contribution in [0.3, 0.4) is 0 Å². The van der Waals surface area contributed by atoms with Crippen molar-refractivity contribution in [2.24, 2.45) is 0 Å². The highest BCUT2D eigenvalue weighted by molar-refractivity contribution is 9.10. The van der Waals surface area contributed by atoms with E-state index in [1.165, 1.54) is 6.33 Å². The molecule has 1 aromatic heterocycles. The van der Waals surface area contributed by atoms with Crippen LogP contribution in [-0.4, -0.2) is 34.5 Å². The minimum absolute atomic E-state index is 0.001000. The van der Waals surface area contributed by atoms with Crippen molar-refractivity contribution in [3.8, 4) is 0 Å². The molecule has 6 nitrogen and oxygen atoms in total. The zero-order valence-corrected chi connectivity index (χ0v) is 13.3. The Morgan fingerprint density at radius 2 is 2.15 bits per heavy atom. The lowest BCUT2D eigenvalue weighted by atomic mass is 10.3. The summed E-state index contributed by atoms with van der Waals surface area (Å²) in [7, 11) is 0. The van der Waals surface area contributed by atoms with Crippen molar-refractivity contribution < 1.29 is 4.79 Å². The van der Waals surface area contributed by atoms with Crippen LogP contribution in [0.5, 0.6) is 0 Å². The summed E-state index contributed by atoms with van der Waals surface area (Å²) in [5.74, 6) is 1.36. The maximum atomic E-state index is 11.9. The van der Waals surface area contributed by atoms with E-state index in [2.05, 4.69) is 48.8 Å². The Kier molecular flexibility index (Phi) is 5.17. The summed E-state index contributed by atoms with van der Waals surface area (Å²) in [5.41, 5.74) is 0. The van der Waals surface area contributed by atoms with Crippen molar-refractivity contribution in [3.63, 3.8) is 0 Å². The first kappa shape index (κ1) is 15.0. The Morgan fingerprint density at radius 1 is 1.45 bits per heavy atom. The third-order valence-electron chi connectivity index (χ3n) is 3.00. The lowest BCUT2D eigenvalue weighted by molar-refractivity contribution is -0.121. The second kappa shape index (κ2) is 6.88. The molecular weight excluding hydrogens is 322 g/mol. The number of anilines is 2. The SMILES string of the molecule is CCCNc1ncnc(NC(C)C(=O)NC2CC2)c1Br. The van der Waals surface area contributed by atoms with Gasteiger partial charge in [0, 0.05) is 12.6 Å². The van der Waals surface area contributed by atoms with Gasteiger partial charge in [-0.15, -0.1) is 0 Å². The number of nitrogens with one attached hydrogen (secondary N) is 3. The van der Waals surface area contributed by atoms with Gasteiger partial charge in [-0.05, 0) is 42.1 Å². The molecule has 1 aliphatic rings. The molecule has 0 aliphatic heterocycles. The molecule has 20 heavy (non-hydrogen) atoms. The molecule has 1 atom stereocenters. The summed E-state index contributed by atoms with van der Waals surface area (Å²) in [5, 5.41) is 9.29. The van der Waals surface area contributed by atoms with Gasteiger partial charge >= 0.3 is 0 Å². The Morgan fingerprint density at radius 3 is 2.80 bits per heavy atom. The van der Waals surface area contributed by atoms with E-state index in [-0.39, 0.29) is 11.9 Å². The topological polar surface area (TPSA) is 78.9 Å². The van der Waals surface area contributed by atoms with Gasteiger partial charge in [-0.1, -0.05) is 6.92 Å². The number of aromatic nitrogens is 2. The van der Waals surface area contributed by atoms with Crippen molar-refractivity contribution >= 4 is 33.5 Å². The first-order valence-electron chi connectivity index (χ1n) is 6.93. The Balaban J connectivity index is 1.98. The van der Waals surface area contributed by atoms with Gasteiger partial charge in [-0.25, -0.2) is 9.97 Å². The van der Waals surface area contributed by atoms with Crippen molar-refractivity contribution in [1.29, 1.82) is 0 Å². The summed E-state index contributed by atoms with van der Waals surface area (Å²) in [6, 6.07) is 0.0307. The summed E-state index contributed by atoms with van der Waals surface area (Å²) in [6.07, 6.45) is 4.66. The number of carbonyl (C=O) groups is 1. The van der Waals surface area contributed by atoms with Crippen LogP contribution in [0.4, 0.5) is 11.6 Å². The van der Waals surface area contributed by atoms with Crippen molar-refractivity contribution in [1.82, 2.24) is 15.3 Å². The molecule has 1 unspecified atom stereocenters. The number of hydrogen-bond donors (Lipinski definition) is 3. The third-order valence-corrected chi connectivity index (χ3v) is 3.75. The molecule has 2 rings (SSSR count). The fourth-order valence-electron chi connectivity index (χ4n) is 1.66. The van der Waals surface area contributed by atoms with Crippen molar-refractivity contribution in [3.05, 3.63) is 10.8 Å². The molecular formula is C13H20BrN5O. The minimum Gasteiger partial charge on any atom is -0.369 e. The van der Waals surface area contributed by atoms with Gasteiger partial charge in [0.15, 0.2) is 0 Å². The van der Waals surface area contributed by atoms with Crippen LogP contribution in [0.2, 0.25) is 0 Å². The van der Waals surface area contributed by atoms with Gasteiger partial charge in [0.1, 0.15) is 28.5 Å². The maximum Gasteiger partial charge on any atom is 0.242 e. The highest BCUT2D eigenvalue weighted by atomic mass is 79.9. The Bertz CT molecular complexity index is 478. The second-order valence-electron chi connectivity index (χ2n) is 4.96. The number of rotatable bonds is 7. The monoisotopic (exact) mass is 341 g/mol. The van der Waals surface area contributed by atoms with E-state index in [0.29, 0.717) is 11.9 Å². The van der Waals surface area contributed by atoms with Crippen LogP contribution in [-0.2, 0) is 4.79 Å². The quantitative estimate of drug-likeness (QED) is 0.708. The molecule has 0 saturated heterocycles. The molecule has 0 radical (unpaired) electrons. The van der Waals surface area contributed by atoms with Crippen LogP contribution >= 0.6 is 15.9 Å². The van der Waals surface area contributed by atoms with E-state index < -0.39 is 0 Å². The van der Waals surface area contributed by atoms with E-state index in [9.17, 15) is 4.79 Å². The molecule has 1 amide bonds. The third kappa shape index (κ3) is 4.06. The molecule has 0 aromatic carbocycles. The smallest absolute Gasteiger partial charge is 0.242 e. The minimum atomic E-state index is -0.333. The number of hydrogen-bond acceptors (Lipinski definition) is 5. The lowest BCUT2D eigenvalue weighted by Crippen LogP contribution is -2.39. The second-order valence-corrected chi connectivity index (χ2v) is 5.75. The Hall–Kier alpha value is -1.37. The summed E-state index contributed by atoms with van der Waals surface area (Å²) in [6.45, 7) is 4.75. The summed E-state index contributed by atoms with van der Waals surface area (Å²) < 4.78 is 0.750. The van der Waals surface area contributed by atoms with Crippen LogP contribution in [0.1, 0.15) is 33.1 Å². The molecule has 7 heteroatoms. The molecule has 1 fully saturated rings. The molecule has 1 aliphatic carbocycles. The largest absolute Gasteiger partial charge is 0.369 e. The van der Waals surface area contributed by atoms with E-state index >= 15 is 0 Å². The van der Waals surface area contributed by atoms with E-state index in [1.54, 1.807) is 0 Å². The van der Waals surface area contributed by atoms with Crippen molar-refractivity contribution in [2.75, 3.05) is 17.2 Å². The van der Waals surface area contributed by atoms with Gasteiger partial charge < -0.3 is 16.0 Å². The predicted octanol–water partition coefficient (Wildman–Crippen LogP) is 2.14. The zero-order valence-electron chi connectivity index (χ0n) is 11.7. The molecule has 0 bridgehead atoms. The Labute approximate surface area is 127 Å². The lowest BCUT2D eigenvalue weighted by Gasteiger charge is -2.16. The predicted molar refractivity (Wildman–Crippen MR) is 82.8 cm³/mol. The average molecular weight is 342 g/mol. The van der Waals surface area contributed by atoms with Crippen LogP contribution in [0.25, 0.3) is 0 Å². The fraction of sp³-hybridized carbons (Fsp3) is 0.615. The fourth-order valence-corrected chi connectivity index (χ4v) is 2.12. The van der Waals surface area contributed by atoms with Crippen LogP contribution in [0, 0.1) is 0 Å². The summed E-state index contributed by atoms with van der Waals surface area (Å²) >= 11 is 3.47. The first-order chi connectivity index (χ1) is 9.61. The van der Waals surface area contributed by atoms with E-state index in [4.69, 9.17) is 0 Å². The number of nitrogens with zero attached hydrogens (tertiary/aromatic N) is 2. The van der Waals surface area contributed by atoms with Crippen LogP contribution in [0.15, 0.2) is 10.8 Å². The molecule has 1 aromatic rings. The normalized spacial score (nSPS) is 15.6. The highest BCUT2D eigenvalue weighted by Gasteiger charge is 2.26. The van der Waals surface area contributed by atoms with Gasteiger partial charge in [-0.3, -0.25) is 4.79 Å². The average Bonchev–Trinajstić information content (AvgIpc) is 3.23. The van der Waals surface area contributed by atoms with Crippen molar-refractivity contribution in [2.45, 2.75) is 45.2 Å². The molecule has 3 N–H and O–H groups in total. The molecule has 0 spiro atoms. The van der Waals surface area contributed by atoms with Gasteiger partial charge in [0.2, 0.25) is 5.91 Å². The first-order valence-corrected chi connectivity index (χ1v) is 7.72. The van der Waals surface area contributed by atoms with Crippen LogP contribution < -0.4 is 16.0 Å². The van der Waals surface area contributed by atoms with Gasteiger partial charge in [0.25, 0.3) is 0 Å². The molecule has 1 saturated carbocycles. The van der Waals surface area contributed by atoms with Gasteiger partial charge in [0.05, 0.1) is 0 Å². The van der Waals surface area contributed by atoms with E-state index in [1.807, 2.05) is 6.92 Å². The van der Waals surface area contributed by atoms with Gasteiger partial charge in [-0.2, -0.15) is 0 Å². The molecule has 1 heterocycles. The number of halogens is 1. The number of carbonyl (C=O) groups excluding carboxylic acids is 1.